The van der Waals surface area contributed by atoms with Gasteiger partial charge in [-0.25, -0.2) is 4.79 Å². The fraction of sp³-hybridized carbons (Fsp3) is 0.462. The maximum Gasteiger partial charge on any atom is 0.389 e. The summed E-state index contributed by atoms with van der Waals surface area (Å²) in [5.41, 5.74) is -0.00651. The summed E-state index contributed by atoms with van der Waals surface area (Å²) in [5, 5.41) is 8.95. The monoisotopic (exact) mass is 370 g/mol. The van der Waals surface area contributed by atoms with E-state index in [1.165, 1.54) is 12.1 Å². The fourth-order valence-corrected chi connectivity index (χ4v) is 2.10. The maximum absolute atomic E-state index is 12.0. The topological polar surface area (TPSA) is 55.8 Å². The molecule has 0 saturated carbocycles. The number of halogens is 4. The highest BCUT2D eigenvalue weighted by atomic mass is 79.9. The van der Waals surface area contributed by atoms with Crippen LogP contribution < -0.4 is 9.47 Å². The number of benzene rings is 1. The van der Waals surface area contributed by atoms with Crippen molar-refractivity contribution >= 4 is 21.9 Å². The molecule has 1 N–H and O–H groups in total. The molecule has 1 aromatic carbocycles. The third-order valence-corrected chi connectivity index (χ3v) is 3.00. The molecule has 0 atom stereocenters. The van der Waals surface area contributed by atoms with Gasteiger partial charge in [-0.15, -0.1) is 0 Å². The first-order valence-corrected chi connectivity index (χ1v) is 6.93. The van der Waals surface area contributed by atoms with Gasteiger partial charge in [0, 0.05) is 6.42 Å². The standard InChI is InChI=1S/C13H14BrF3O4/c1-2-20-10-7-8(12(18)19)6-9(14)11(10)21-5-3-4-13(15,16)17/h6-7H,2-5H2,1H3,(H,18,19). The summed E-state index contributed by atoms with van der Waals surface area (Å²) in [6.45, 7) is 1.83. The van der Waals surface area contributed by atoms with E-state index < -0.39 is 18.6 Å². The van der Waals surface area contributed by atoms with Crippen LogP contribution in [0.3, 0.4) is 0 Å². The number of aromatic carboxylic acids is 1. The molecule has 8 heteroatoms. The first-order chi connectivity index (χ1) is 9.74. The predicted octanol–water partition coefficient (Wildman–Crippen LogP) is 4.27. The van der Waals surface area contributed by atoms with Gasteiger partial charge >= 0.3 is 12.1 Å². The quantitative estimate of drug-likeness (QED) is 0.728. The number of carboxylic acid groups (broad SMARTS) is 1. The number of carboxylic acids is 1. The molecule has 21 heavy (non-hydrogen) atoms. The summed E-state index contributed by atoms with van der Waals surface area (Å²) in [7, 11) is 0. The van der Waals surface area contributed by atoms with Crippen LogP contribution in [-0.4, -0.2) is 30.5 Å². The minimum absolute atomic E-state index is 0.00651. The minimum Gasteiger partial charge on any atom is -0.490 e. The van der Waals surface area contributed by atoms with Gasteiger partial charge in [-0.2, -0.15) is 13.2 Å². The fourth-order valence-electron chi connectivity index (χ4n) is 1.54. The number of carbonyl (C=O) groups is 1. The molecular weight excluding hydrogens is 357 g/mol. The average Bonchev–Trinajstić information content (AvgIpc) is 2.35. The molecule has 0 fully saturated rings. The molecule has 0 bridgehead atoms. The molecular formula is C13H14BrF3O4. The molecule has 0 aliphatic carbocycles. The van der Waals surface area contributed by atoms with Gasteiger partial charge in [0.2, 0.25) is 0 Å². The van der Waals surface area contributed by atoms with Gasteiger partial charge in [0.15, 0.2) is 11.5 Å². The maximum atomic E-state index is 12.0. The van der Waals surface area contributed by atoms with Crippen molar-refractivity contribution in [1.29, 1.82) is 0 Å². The van der Waals surface area contributed by atoms with Crippen LogP contribution in [0.5, 0.6) is 11.5 Å². The lowest BCUT2D eigenvalue weighted by molar-refractivity contribution is -0.136. The zero-order valence-corrected chi connectivity index (χ0v) is 12.8. The van der Waals surface area contributed by atoms with Crippen LogP contribution >= 0.6 is 15.9 Å². The van der Waals surface area contributed by atoms with Crippen molar-refractivity contribution in [3.63, 3.8) is 0 Å². The Hall–Kier alpha value is -1.44. The van der Waals surface area contributed by atoms with Crippen molar-refractivity contribution in [2.75, 3.05) is 13.2 Å². The van der Waals surface area contributed by atoms with Gasteiger partial charge in [0.1, 0.15) is 0 Å². The van der Waals surface area contributed by atoms with E-state index in [1.807, 2.05) is 0 Å². The lowest BCUT2D eigenvalue weighted by atomic mass is 10.2. The number of ether oxygens (including phenoxy) is 2. The Morgan fingerprint density at radius 1 is 1.33 bits per heavy atom. The second kappa shape index (κ2) is 7.53. The van der Waals surface area contributed by atoms with E-state index in [2.05, 4.69) is 15.9 Å². The van der Waals surface area contributed by atoms with E-state index >= 15 is 0 Å². The van der Waals surface area contributed by atoms with E-state index in [4.69, 9.17) is 14.6 Å². The van der Waals surface area contributed by atoms with Crippen LogP contribution in [-0.2, 0) is 0 Å². The summed E-state index contributed by atoms with van der Waals surface area (Å²) in [5.74, 6) is -0.763. The van der Waals surface area contributed by atoms with Crippen LogP contribution in [0.25, 0.3) is 0 Å². The zero-order chi connectivity index (χ0) is 16.0. The molecule has 0 saturated heterocycles. The molecule has 0 amide bonds. The lowest BCUT2D eigenvalue weighted by Crippen LogP contribution is -2.10. The molecule has 0 aliphatic rings. The smallest absolute Gasteiger partial charge is 0.389 e. The third kappa shape index (κ3) is 5.82. The van der Waals surface area contributed by atoms with E-state index in [-0.39, 0.29) is 36.7 Å². The minimum atomic E-state index is -4.23. The van der Waals surface area contributed by atoms with Gasteiger partial charge in [-0.05, 0) is 41.4 Å². The highest BCUT2D eigenvalue weighted by molar-refractivity contribution is 9.10. The molecule has 0 unspecified atom stereocenters. The first-order valence-electron chi connectivity index (χ1n) is 6.13. The Labute approximate surface area is 128 Å². The molecule has 1 rings (SSSR count). The van der Waals surface area contributed by atoms with Gasteiger partial charge in [-0.1, -0.05) is 0 Å². The molecule has 0 aromatic heterocycles. The number of hydrogen-bond donors (Lipinski definition) is 1. The first kappa shape index (κ1) is 17.6. The van der Waals surface area contributed by atoms with Gasteiger partial charge in [0.05, 0.1) is 23.2 Å². The third-order valence-electron chi connectivity index (χ3n) is 2.41. The SMILES string of the molecule is CCOc1cc(C(=O)O)cc(Br)c1OCCCC(F)(F)F. The highest BCUT2D eigenvalue weighted by Gasteiger charge is 2.26. The number of rotatable bonds is 7. The summed E-state index contributed by atoms with van der Waals surface area (Å²) < 4.78 is 47.0. The Morgan fingerprint density at radius 2 is 2.00 bits per heavy atom. The Morgan fingerprint density at radius 3 is 2.52 bits per heavy atom. The van der Waals surface area contributed by atoms with E-state index in [9.17, 15) is 18.0 Å². The Kier molecular flexibility index (Phi) is 6.32. The van der Waals surface area contributed by atoms with Crippen molar-refractivity contribution < 1.29 is 32.5 Å². The molecule has 0 heterocycles. The van der Waals surface area contributed by atoms with E-state index in [1.54, 1.807) is 6.92 Å². The van der Waals surface area contributed by atoms with Gasteiger partial charge in [0.25, 0.3) is 0 Å². The predicted molar refractivity (Wildman–Crippen MR) is 73.1 cm³/mol. The van der Waals surface area contributed by atoms with E-state index in [0.29, 0.717) is 4.47 Å². The van der Waals surface area contributed by atoms with Crippen molar-refractivity contribution in [2.45, 2.75) is 25.9 Å². The second-order valence-electron chi connectivity index (χ2n) is 4.09. The molecule has 4 nitrogen and oxygen atoms in total. The van der Waals surface area contributed by atoms with Gasteiger partial charge in [-0.3, -0.25) is 0 Å². The van der Waals surface area contributed by atoms with E-state index in [0.717, 1.165) is 0 Å². The van der Waals surface area contributed by atoms with Gasteiger partial charge < -0.3 is 14.6 Å². The summed E-state index contributed by atoms with van der Waals surface area (Å²) >= 11 is 3.14. The normalized spacial score (nSPS) is 11.3. The molecule has 118 valence electrons. The second-order valence-corrected chi connectivity index (χ2v) is 4.95. The van der Waals surface area contributed by atoms with Crippen LogP contribution in [0.4, 0.5) is 13.2 Å². The lowest BCUT2D eigenvalue weighted by Gasteiger charge is -2.15. The molecule has 0 aliphatic heterocycles. The van der Waals surface area contributed by atoms with Crippen LogP contribution in [0.2, 0.25) is 0 Å². The van der Waals surface area contributed by atoms with Crippen LogP contribution in [0.15, 0.2) is 16.6 Å². The Balaban J connectivity index is 2.82. The zero-order valence-electron chi connectivity index (χ0n) is 11.2. The van der Waals surface area contributed by atoms with Crippen molar-refractivity contribution in [2.24, 2.45) is 0 Å². The molecule has 0 radical (unpaired) electrons. The van der Waals surface area contributed by atoms with Crippen molar-refractivity contribution in [3.05, 3.63) is 22.2 Å². The average molecular weight is 371 g/mol. The molecule has 0 spiro atoms. The number of hydrogen-bond acceptors (Lipinski definition) is 3. The highest BCUT2D eigenvalue weighted by Crippen LogP contribution is 2.37. The number of alkyl halides is 3. The van der Waals surface area contributed by atoms with Crippen LogP contribution in [0.1, 0.15) is 30.1 Å². The van der Waals surface area contributed by atoms with Crippen molar-refractivity contribution in [3.8, 4) is 11.5 Å². The summed E-state index contributed by atoms with van der Waals surface area (Å²) in [6.07, 6.45) is -5.36. The largest absolute Gasteiger partial charge is 0.490 e. The molecule has 1 aromatic rings. The van der Waals surface area contributed by atoms with Crippen LogP contribution in [0, 0.1) is 0 Å². The van der Waals surface area contributed by atoms with Crippen molar-refractivity contribution in [1.82, 2.24) is 0 Å². The Bertz CT molecular complexity index is 503. The summed E-state index contributed by atoms with van der Waals surface area (Å²) in [6, 6.07) is 2.58. The summed E-state index contributed by atoms with van der Waals surface area (Å²) in [4.78, 5) is 10.9.